The van der Waals surface area contributed by atoms with Gasteiger partial charge in [0.15, 0.2) is 6.10 Å². The van der Waals surface area contributed by atoms with E-state index in [1.165, 1.54) is 7.11 Å². The number of carbonyl (C=O) groups excluding carboxylic acids is 3. The lowest BCUT2D eigenvalue weighted by Crippen LogP contribution is -2.72. The molecule has 1 saturated carbocycles. The lowest BCUT2D eigenvalue weighted by atomic mass is 9.68. The van der Waals surface area contributed by atoms with Crippen LogP contribution >= 0.6 is 0 Å². The van der Waals surface area contributed by atoms with Crippen LogP contribution in [0.3, 0.4) is 0 Å². The van der Waals surface area contributed by atoms with E-state index < -0.39 is 11.5 Å². The maximum Gasteiger partial charge on any atom is 0.307 e. The van der Waals surface area contributed by atoms with E-state index in [9.17, 15) is 14.4 Å². The van der Waals surface area contributed by atoms with Gasteiger partial charge in [0.1, 0.15) is 5.78 Å². The molecular formula is C22H29NO5. The third-order valence-corrected chi connectivity index (χ3v) is 6.10. The van der Waals surface area contributed by atoms with Gasteiger partial charge in [0.25, 0.3) is 5.91 Å². The minimum Gasteiger partial charge on any atom is -0.469 e. The number of ketones is 1. The summed E-state index contributed by atoms with van der Waals surface area (Å²) in [6.45, 7) is 2.54. The molecule has 1 aromatic rings. The summed E-state index contributed by atoms with van der Waals surface area (Å²) in [6, 6.07) is 9.35. The summed E-state index contributed by atoms with van der Waals surface area (Å²) in [6.07, 6.45) is 3.63. The highest BCUT2D eigenvalue weighted by atomic mass is 16.5. The average Bonchev–Trinajstić information content (AvgIpc) is 2.87. The third-order valence-electron chi connectivity index (χ3n) is 6.10. The van der Waals surface area contributed by atoms with Crippen LogP contribution in [0.25, 0.3) is 0 Å². The van der Waals surface area contributed by atoms with Crippen molar-refractivity contribution < 1.29 is 23.9 Å². The quantitative estimate of drug-likeness (QED) is 0.409. The molecular weight excluding hydrogens is 358 g/mol. The minimum atomic E-state index is -0.648. The van der Waals surface area contributed by atoms with Crippen molar-refractivity contribution in [3.8, 4) is 0 Å². The molecule has 3 atom stereocenters. The number of β-lactam (4-membered cyclic amide) rings is 1. The number of nitrogens with zero attached hydrogens (tertiary/aromatic N) is 1. The number of carbonyl (C=O) groups is 3. The Morgan fingerprint density at radius 2 is 1.93 bits per heavy atom. The fourth-order valence-electron chi connectivity index (χ4n) is 4.37. The fourth-order valence-corrected chi connectivity index (χ4v) is 4.37. The van der Waals surface area contributed by atoms with Gasteiger partial charge >= 0.3 is 5.97 Å². The first-order valence-electron chi connectivity index (χ1n) is 10.0. The lowest BCUT2D eigenvalue weighted by molar-refractivity contribution is -0.191. The highest BCUT2D eigenvalue weighted by Gasteiger charge is 2.59. The van der Waals surface area contributed by atoms with Gasteiger partial charge in [0.2, 0.25) is 0 Å². The number of hydrogen-bond donors (Lipinski definition) is 0. The average molecular weight is 387 g/mol. The highest BCUT2D eigenvalue weighted by molar-refractivity contribution is 5.94. The Labute approximate surface area is 166 Å². The topological polar surface area (TPSA) is 72.9 Å². The SMILES string of the molecule is COC(=O)CCN1C(=O)[C@H](OCc2ccccc2)[C@@H]1[C@]1(C)CCCCCC1=O. The smallest absolute Gasteiger partial charge is 0.307 e. The van der Waals surface area contributed by atoms with Crippen LogP contribution in [-0.4, -0.2) is 48.4 Å². The van der Waals surface area contributed by atoms with Crippen LogP contribution in [0, 0.1) is 5.41 Å². The Morgan fingerprint density at radius 3 is 2.64 bits per heavy atom. The molecule has 152 valence electrons. The molecule has 0 bridgehead atoms. The predicted octanol–water partition coefficient (Wildman–Crippen LogP) is 2.89. The Kier molecular flexibility index (Phi) is 6.50. The molecule has 1 aliphatic carbocycles. The van der Waals surface area contributed by atoms with E-state index in [-0.39, 0.29) is 36.7 Å². The standard InChI is InChI=1S/C22H29NO5/c1-22(13-8-4-7-11-17(22)24)20-19(28-15-16-9-5-3-6-10-16)21(26)23(20)14-12-18(25)27-2/h3,5-6,9-10,19-20H,4,7-8,11-15H2,1-2H3/t19-,20-,22-/m1/s1. The molecule has 1 saturated heterocycles. The van der Waals surface area contributed by atoms with Crippen LogP contribution in [0.1, 0.15) is 51.0 Å². The molecule has 1 aliphatic heterocycles. The van der Waals surface area contributed by atoms with E-state index in [1.54, 1.807) is 4.90 Å². The van der Waals surface area contributed by atoms with Gasteiger partial charge in [-0.05, 0) is 18.4 Å². The number of Topliss-reactive ketones (excluding diaryl/α,β-unsaturated/α-hetero) is 1. The molecule has 2 fully saturated rings. The summed E-state index contributed by atoms with van der Waals surface area (Å²) in [7, 11) is 1.33. The van der Waals surface area contributed by atoms with Crippen molar-refractivity contribution in [1.29, 1.82) is 0 Å². The molecule has 6 heteroatoms. The molecule has 1 heterocycles. The van der Waals surface area contributed by atoms with E-state index in [4.69, 9.17) is 9.47 Å². The molecule has 0 aromatic heterocycles. The van der Waals surface area contributed by atoms with E-state index in [0.29, 0.717) is 13.0 Å². The number of hydrogen-bond acceptors (Lipinski definition) is 5. The molecule has 28 heavy (non-hydrogen) atoms. The van der Waals surface area contributed by atoms with Crippen molar-refractivity contribution in [2.24, 2.45) is 5.41 Å². The van der Waals surface area contributed by atoms with Gasteiger partial charge in [-0.2, -0.15) is 0 Å². The van der Waals surface area contributed by atoms with Crippen LogP contribution < -0.4 is 0 Å². The number of methoxy groups -OCH3 is 1. The van der Waals surface area contributed by atoms with Crippen molar-refractivity contribution in [1.82, 2.24) is 4.90 Å². The molecule has 0 unspecified atom stereocenters. The number of likely N-dealkylation sites (tertiary alicyclic amines) is 1. The first kappa shape index (κ1) is 20.5. The summed E-state index contributed by atoms with van der Waals surface area (Å²) >= 11 is 0. The van der Waals surface area contributed by atoms with Crippen LogP contribution in [0.4, 0.5) is 0 Å². The summed E-state index contributed by atoms with van der Waals surface area (Å²) in [5.74, 6) is -0.320. The van der Waals surface area contributed by atoms with Crippen LogP contribution in [0.5, 0.6) is 0 Å². The Bertz CT molecular complexity index is 719. The molecule has 0 spiro atoms. The van der Waals surface area contributed by atoms with Gasteiger partial charge in [-0.15, -0.1) is 0 Å². The molecule has 1 aromatic carbocycles. The first-order valence-corrected chi connectivity index (χ1v) is 10.0. The number of rotatable bonds is 7. The molecule has 0 N–H and O–H groups in total. The zero-order chi connectivity index (χ0) is 20.1. The molecule has 6 nitrogen and oxygen atoms in total. The van der Waals surface area contributed by atoms with Crippen molar-refractivity contribution in [3.05, 3.63) is 35.9 Å². The highest BCUT2D eigenvalue weighted by Crippen LogP contribution is 2.44. The van der Waals surface area contributed by atoms with Crippen molar-refractivity contribution in [2.75, 3.05) is 13.7 Å². The summed E-state index contributed by atoms with van der Waals surface area (Å²) in [5.41, 5.74) is 0.349. The minimum absolute atomic E-state index is 0.119. The lowest BCUT2D eigenvalue weighted by Gasteiger charge is -2.54. The Hall–Kier alpha value is -2.21. The first-order chi connectivity index (χ1) is 13.5. The number of amides is 1. The fraction of sp³-hybridized carbons (Fsp3) is 0.591. The van der Waals surface area contributed by atoms with Crippen LogP contribution in [0.2, 0.25) is 0 Å². The zero-order valence-corrected chi connectivity index (χ0v) is 16.7. The van der Waals surface area contributed by atoms with Crippen molar-refractivity contribution in [3.63, 3.8) is 0 Å². The maximum atomic E-state index is 13.0. The Morgan fingerprint density at radius 1 is 1.18 bits per heavy atom. The van der Waals surface area contributed by atoms with Gasteiger partial charge < -0.3 is 14.4 Å². The van der Waals surface area contributed by atoms with Gasteiger partial charge in [-0.3, -0.25) is 14.4 Å². The second kappa shape index (κ2) is 8.86. The third kappa shape index (κ3) is 4.12. The second-order valence-corrected chi connectivity index (χ2v) is 7.92. The number of esters is 1. The zero-order valence-electron chi connectivity index (χ0n) is 16.7. The van der Waals surface area contributed by atoms with Gasteiger partial charge in [0, 0.05) is 18.4 Å². The summed E-state index contributed by atoms with van der Waals surface area (Å²) < 4.78 is 10.7. The number of ether oxygens (including phenoxy) is 2. The normalized spacial score (nSPS) is 27.9. The van der Waals surface area contributed by atoms with Crippen LogP contribution in [-0.2, 0) is 30.5 Å². The van der Waals surface area contributed by atoms with Crippen molar-refractivity contribution >= 4 is 17.7 Å². The second-order valence-electron chi connectivity index (χ2n) is 7.92. The van der Waals surface area contributed by atoms with Gasteiger partial charge in [0.05, 0.1) is 26.2 Å². The maximum absolute atomic E-state index is 13.0. The summed E-state index contributed by atoms with van der Waals surface area (Å²) in [4.78, 5) is 39.0. The molecule has 3 rings (SSSR count). The monoisotopic (exact) mass is 387 g/mol. The number of benzene rings is 1. The molecule has 0 radical (unpaired) electrons. The largest absolute Gasteiger partial charge is 0.469 e. The van der Waals surface area contributed by atoms with E-state index in [0.717, 1.165) is 31.2 Å². The van der Waals surface area contributed by atoms with E-state index in [1.807, 2.05) is 37.3 Å². The van der Waals surface area contributed by atoms with Gasteiger partial charge in [-0.25, -0.2) is 0 Å². The van der Waals surface area contributed by atoms with E-state index in [2.05, 4.69) is 0 Å². The van der Waals surface area contributed by atoms with Crippen LogP contribution in [0.15, 0.2) is 30.3 Å². The molecule has 1 amide bonds. The van der Waals surface area contributed by atoms with E-state index >= 15 is 0 Å². The molecule has 2 aliphatic rings. The summed E-state index contributed by atoms with van der Waals surface area (Å²) in [5, 5.41) is 0. The van der Waals surface area contributed by atoms with Gasteiger partial charge in [-0.1, -0.05) is 50.1 Å². The Balaban J connectivity index is 1.78. The predicted molar refractivity (Wildman–Crippen MR) is 103 cm³/mol. The van der Waals surface area contributed by atoms with Crippen molar-refractivity contribution in [2.45, 2.75) is 64.2 Å².